The van der Waals surface area contributed by atoms with Crippen LogP contribution >= 0.6 is 0 Å². The minimum atomic E-state index is -3.14. The van der Waals surface area contributed by atoms with Gasteiger partial charge < -0.3 is 5.11 Å². The zero-order valence-electron chi connectivity index (χ0n) is 8.76. The van der Waals surface area contributed by atoms with E-state index in [-0.39, 0.29) is 12.4 Å². The van der Waals surface area contributed by atoms with E-state index in [9.17, 15) is 8.42 Å². The highest BCUT2D eigenvalue weighted by Crippen LogP contribution is 2.22. The maximum absolute atomic E-state index is 11.8. The fourth-order valence-corrected chi connectivity index (χ4v) is 2.83. The van der Waals surface area contributed by atoms with Crippen molar-refractivity contribution in [3.8, 4) is 0 Å². The number of rotatable bonds is 5. The van der Waals surface area contributed by atoms with Crippen LogP contribution in [-0.2, 0) is 9.84 Å². The molecule has 0 aromatic heterocycles. The maximum Gasteiger partial charge on any atom is 0.157 e. The van der Waals surface area contributed by atoms with Crippen molar-refractivity contribution in [2.45, 2.75) is 18.6 Å². The van der Waals surface area contributed by atoms with Crippen LogP contribution in [0.25, 0.3) is 0 Å². The van der Waals surface area contributed by atoms with Gasteiger partial charge in [0.1, 0.15) is 0 Å². The van der Waals surface area contributed by atoms with E-state index in [2.05, 4.69) is 0 Å². The monoisotopic (exact) mass is 228 g/mol. The predicted molar refractivity (Wildman–Crippen MR) is 60.3 cm³/mol. The molecule has 0 heterocycles. The van der Waals surface area contributed by atoms with Gasteiger partial charge in [0.25, 0.3) is 0 Å². The SMILES string of the molecule is CC(c1ccccc1)S(=O)(=O)CCCO. The van der Waals surface area contributed by atoms with Gasteiger partial charge in [-0.3, -0.25) is 0 Å². The number of benzene rings is 1. The lowest BCUT2D eigenvalue weighted by molar-refractivity contribution is 0.295. The van der Waals surface area contributed by atoms with Gasteiger partial charge in [-0.15, -0.1) is 0 Å². The molecule has 0 aliphatic rings. The Morgan fingerprint density at radius 1 is 1.27 bits per heavy atom. The molecule has 0 saturated heterocycles. The van der Waals surface area contributed by atoms with Crippen LogP contribution in [-0.4, -0.2) is 25.9 Å². The Bertz CT molecular complexity index is 384. The largest absolute Gasteiger partial charge is 0.396 e. The standard InChI is InChI=1S/C11H16O3S/c1-10(11-6-3-2-4-7-11)15(13,14)9-5-8-12/h2-4,6-7,10,12H,5,8-9H2,1H3. The van der Waals surface area contributed by atoms with Crippen LogP contribution in [0.4, 0.5) is 0 Å². The third-order valence-corrected chi connectivity index (χ3v) is 4.60. The van der Waals surface area contributed by atoms with Crippen molar-refractivity contribution in [3.63, 3.8) is 0 Å². The quantitative estimate of drug-likeness (QED) is 0.831. The summed E-state index contributed by atoms with van der Waals surface area (Å²) in [4.78, 5) is 0. The second-order valence-corrected chi connectivity index (χ2v) is 5.94. The summed E-state index contributed by atoms with van der Waals surface area (Å²) in [7, 11) is -3.14. The summed E-state index contributed by atoms with van der Waals surface area (Å²) < 4.78 is 23.6. The molecule has 1 unspecified atom stereocenters. The Morgan fingerprint density at radius 3 is 2.40 bits per heavy atom. The minimum absolute atomic E-state index is 0.0412. The van der Waals surface area contributed by atoms with Gasteiger partial charge in [0.15, 0.2) is 9.84 Å². The van der Waals surface area contributed by atoms with Crippen LogP contribution in [0.1, 0.15) is 24.2 Å². The molecule has 1 aromatic carbocycles. The molecule has 0 aliphatic carbocycles. The molecule has 84 valence electrons. The lowest BCUT2D eigenvalue weighted by Crippen LogP contribution is -2.15. The van der Waals surface area contributed by atoms with Crippen molar-refractivity contribution >= 4 is 9.84 Å². The molecule has 1 rings (SSSR count). The second kappa shape index (κ2) is 5.28. The van der Waals surface area contributed by atoms with E-state index < -0.39 is 15.1 Å². The number of aliphatic hydroxyl groups is 1. The first-order valence-electron chi connectivity index (χ1n) is 4.95. The number of hydrogen-bond acceptors (Lipinski definition) is 3. The van der Waals surface area contributed by atoms with Gasteiger partial charge in [-0.25, -0.2) is 8.42 Å². The second-order valence-electron chi connectivity index (χ2n) is 3.50. The molecule has 1 aromatic rings. The molecule has 15 heavy (non-hydrogen) atoms. The van der Waals surface area contributed by atoms with E-state index in [1.807, 2.05) is 18.2 Å². The lowest BCUT2D eigenvalue weighted by atomic mass is 10.2. The first-order valence-corrected chi connectivity index (χ1v) is 6.67. The van der Waals surface area contributed by atoms with Crippen LogP contribution in [0.3, 0.4) is 0 Å². The van der Waals surface area contributed by atoms with E-state index in [0.29, 0.717) is 6.42 Å². The van der Waals surface area contributed by atoms with Crippen LogP contribution in [0, 0.1) is 0 Å². The van der Waals surface area contributed by atoms with Crippen LogP contribution in [0.15, 0.2) is 30.3 Å². The first kappa shape index (κ1) is 12.2. The third kappa shape index (κ3) is 3.32. The summed E-state index contributed by atoms with van der Waals surface area (Å²) in [5.74, 6) is 0.0412. The van der Waals surface area contributed by atoms with Gasteiger partial charge >= 0.3 is 0 Å². The predicted octanol–water partition coefficient (Wildman–Crippen LogP) is 1.54. The minimum Gasteiger partial charge on any atom is -0.396 e. The Labute approximate surface area is 90.7 Å². The van der Waals surface area contributed by atoms with Crippen LogP contribution in [0.2, 0.25) is 0 Å². The molecule has 1 N–H and O–H groups in total. The number of hydrogen-bond donors (Lipinski definition) is 1. The van der Waals surface area contributed by atoms with E-state index in [1.54, 1.807) is 19.1 Å². The van der Waals surface area contributed by atoms with Crippen molar-refractivity contribution < 1.29 is 13.5 Å². The van der Waals surface area contributed by atoms with E-state index in [1.165, 1.54) is 0 Å². The van der Waals surface area contributed by atoms with Crippen molar-refractivity contribution in [1.82, 2.24) is 0 Å². The summed E-state index contributed by atoms with van der Waals surface area (Å²) in [5.41, 5.74) is 0.801. The van der Waals surface area contributed by atoms with E-state index in [0.717, 1.165) is 5.56 Å². The molecule has 0 bridgehead atoms. The van der Waals surface area contributed by atoms with Gasteiger partial charge in [0.2, 0.25) is 0 Å². The lowest BCUT2D eigenvalue weighted by Gasteiger charge is -2.12. The summed E-state index contributed by atoms with van der Waals surface area (Å²) in [6.45, 7) is 1.60. The van der Waals surface area contributed by atoms with Gasteiger partial charge in [-0.05, 0) is 18.9 Å². The van der Waals surface area contributed by atoms with E-state index in [4.69, 9.17) is 5.11 Å². The van der Waals surface area contributed by atoms with Gasteiger partial charge in [0, 0.05) is 6.61 Å². The Morgan fingerprint density at radius 2 is 1.87 bits per heavy atom. The van der Waals surface area contributed by atoms with Crippen molar-refractivity contribution in [1.29, 1.82) is 0 Å². The van der Waals surface area contributed by atoms with Crippen LogP contribution in [0.5, 0.6) is 0 Å². The highest BCUT2D eigenvalue weighted by atomic mass is 32.2. The molecule has 0 spiro atoms. The highest BCUT2D eigenvalue weighted by Gasteiger charge is 2.21. The Balaban J connectivity index is 2.80. The van der Waals surface area contributed by atoms with Crippen molar-refractivity contribution in [2.24, 2.45) is 0 Å². The molecule has 0 fully saturated rings. The normalized spacial score (nSPS) is 13.7. The molecule has 0 amide bonds. The summed E-state index contributed by atoms with van der Waals surface area (Å²) in [5, 5.41) is 8.12. The Kier molecular flexibility index (Phi) is 4.29. The fourth-order valence-electron chi connectivity index (χ4n) is 1.37. The van der Waals surface area contributed by atoms with Crippen molar-refractivity contribution in [3.05, 3.63) is 35.9 Å². The summed E-state index contributed by atoms with van der Waals surface area (Å²) in [6, 6.07) is 9.12. The molecule has 0 radical (unpaired) electrons. The summed E-state index contributed by atoms with van der Waals surface area (Å²) in [6.07, 6.45) is 0.305. The molecule has 3 nitrogen and oxygen atoms in total. The van der Waals surface area contributed by atoms with Gasteiger partial charge in [-0.1, -0.05) is 30.3 Å². The average molecular weight is 228 g/mol. The molecular formula is C11H16O3S. The third-order valence-electron chi connectivity index (χ3n) is 2.39. The Hall–Kier alpha value is -0.870. The van der Waals surface area contributed by atoms with Gasteiger partial charge in [0.05, 0.1) is 11.0 Å². The first-order chi connectivity index (χ1) is 7.08. The highest BCUT2D eigenvalue weighted by molar-refractivity contribution is 7.91. The molecular weight excluding hydrogens is 212 g/mol. The molecule has 4 heteroatoms. The topological polar surface area (TPSA) is 54.4 Å². The number of aliphatic hydroxyl groups excluding tert-OH is 1. The average Bonchev–Trinajstić information content (AvgIpc) is 2.26. The van der Waals surface area contributed by atoms with E-state index >= 15 is 0 Å². The maximum atomic E-state index is 11.8. The zero-order chi connectivity index (χ0) is 11.3. The molecule has 0 aliphatic heterocycles. The van der Waals surface area contributed by atoms with Crippen LogP contribution < -0.4 is 0 Å². The zero-order valence-corrected chi connectivity index (χ0v) is 9.57. The smallest absolute Gasteiger partial charge is 0.157 e. The summed E-state index contributed by atoms with van der Waals surface area (Å²) >= 11 is 0. The van der Waals surface area contributed by atoms with Crippen molar-refractivity contribution in [2.75, 3.05) is 12.4 Å². The molecule has 0 saturated carbocycles. The number of sulfone groups is 1. The fraction of sp³-hybridized carbons (Fsp3) is 0.455. The van der Waals surface area contributed by atoms with Gasteiger partial charge in [-0.2, -0.15) is 0 Å². The molecule has 1 atom stereocenters.